The lowest BCUT2D eigenvalue weighted by atomic mass is 10.0. The molecule has 0 amide bonds. The average molecular weight is 266 g/mol. The molecule has 2 heterocycles. The largest absolute Gasteiger partial charge is 0.382 e. The first-order chi connectivity index (χ1) is 9.76. The van der Waals surface area contributed by atoms with Crippen LogP contribution in [0.5, 0.6) is 0 Å². The van der Waals surface area contributed by atoms with E-state index in [0.29, 0.717) is 11.7 Å². The van der Waals surface area contributed by atoms with E-state index < -0.39 is 0 Å². The number of anilines is 1. The van der Waals surface area contributed by atoms with E-state index in [1.807, 2.05) is 24.3 Å². The summed E-state index contributed by atoms with van der Waals surface area (Å²) in [5.74, 6) is 0. The van der Waals surface area contributed by atoms with Crippen molar-refractivity contribution in [3.05, 3.63) is 36.0 Å². The molecule has 1 saturated heterocycles. The molecule has 1 aliphatic rings. The highest BCUT2D eigenvalue weighted by atomic mass is 15.1. The molecule has 1 aromatic carbocycles. The first-order valence-electron chi connectivity index (χ1n) is 7.01. The van der Waals surface area contributed by atoms with Gasteiger partial charge in [-0.3, -0.25) is 0 Å². The number of hydrogen-bond donors (Lipinski definition) is 1. The molecule has 1 aromatic heterocycles. The number of nitrogens with one attached hydrogen (secondary N) is 1. The van der Waals surface area contributed by atoms with E-state index in [1.165, 1.54) is 0 Å². The zero-order valence-electron chi connectivity index (χ0n) is 11.6. The van der Waals surface area contributed by atoms with Crippen LogP contribution in [-0.2, 0) is 0 Å². The van der Waals surface area contributed by atoms with Gasteiger partial charge in [0.15, 0.2) is 0 Å². The fourth-order valence-corrected chi connectivity index (χ4v) is 2.72. The van der Waals surface area contributed by atoms with Gasteiger partial charge >= 0.3 is 0 Å². The number of nitrogens with zero attached hydrogens (tertiary/aromatic N) is 3. The highest BCUT2D eigenvalue weighted by Crippen LogP contribution is 2.25. The summed E-state index contributed by atoms with van der Waals surface area (Å²) < 4.78 is 0. The second kappa shape index (κ2) is 5.48. The molecule has 0 aliphatic carbocycles. The van der Waals surface area contributed by atoms with Gasteiger partial charge in [-0.25, -0.2) is 4.98 Å². The van der Waals surface area contributed by atoms with Crippen molar-refractivity contribution in [2.24, 2.45) is 0 Å². The summed E-state index contributed by atoms with van der Waals surface area (Å²) in [6.07, 6.45) is 2.27. The maximum atomic E-state index is 9.12. The Kier molecular flexibility index (Phi) is 3.53. The van der Waals surface area contributed by atoms with Crippen LogP contribution < -0.4 is 5.32 Å². The van der Waals surface area contributed by atoms with E-state index in [0.717, 1.165) is 42.5 Å². The van der Waals surface area contributed by atoms with Crippen LogP contribution >= 0.6 is 0 Å². The molecule has 1 N–H and O–H groups in total. The first-order valence-corrected chi connectivity index (χ1v) is 7.01. The van der Waals surface area contributed by atoms with E-state index in [4.69, 9.17) is 5.26 Å². The molecule has 3 rings (SSSR count). The van der Waals surface area contributed by atoms with Crippen molar-refractivity contribution < 1.29 is 0 Å². The van der Waals surface area contributed by atoms with Gasteiger partial charge in [-0.15, -0.1) is 0 Å². The number of piperidine rings is 1. The van der Waals surface area contributed by atoms with E-state index >= 15 is 0 Å². The lowest BCUT2D eigenvalue weighted by Gasteiger charge is -2.30. The molecule has 0 atom stereocenters. The van der Waals surface area contributed by atoms with Gasteiger partial charge in [0.2, 0.25) is 0 Å². The minimum absolute atomic E-state index is 0.471. The van der Waals surface area contributed by atoms with Crippen LogP contribution in [0.3, 0.4) is 0 Å². The molecule has 4 nitrogen and oxygen atoms in total. The lowest BCUT2D eigenvalue weighted by molar-refractivity contribution is 0.264. The van der Waals surface area contributed by atoms with E-state index in [2.05, 4.69) is 34.4 Å². The Balaban J connectivity index is 1.92. The van der Waals surface area contributed by atoms with Crippen molar-refractivity contribution >= 4 is 16.6 Å². The van der Waals surface area contributed by atoms with Crippen LogP contribution in [0.15, 0.2) is 30.3 Å². The highest BCUT2D eigenvalue weighted by Gasteiger charge is 2.17. The van der Waals surface area contributed by atoms with Crippen molar-refractivity contribution in [1.82, 2.24) is 9.88 Å². The third-order valence-electron chi connectivity index (χ3n) is 3.91. The van der Waals surface area contributed by atoms with Gasteiger partial charge in [-0.1, -0.05) is 18.2 Å². The smallest absolute Gasteiger partial charge is 0.143 e. The van der Waals surface area contributed by atoms with Crippen LogP contribution in [0.2, 0.25) is 0 Å². The van der Waals surface area contributed by atoms with Gasteiger partial charge in [0.05, 0.1) is 5.52 Å². The van der Waals surface area contributed by atoms with Crippen LogP contribution in [0.25, 0.3) is 10.9 Å². The van der Waals surface area contributed by atoms with Gasteiger partial charge in [0.1, 0.15) is 11.8 Å². The average Bonchev–Trinajstić information content (AvgIpc) is 2.49. The molecule has 1 aliphatic heterocycles. The van der Waals surface area contributed by atoms with Crippen molar-refractivity contribution in [2.45, 2.75) is 18.9 Å². The summed E-state index contributed by atoms with van der Waals surface area (Å²) in [5.41, 5.74) is 2.38. The van der Waals surface area contributed by atoms with E-state index in [9.17, 15) is 0 Å². The normalized spacial score (nSPS) is 17.0. The highest BCUT2D eigenvalue weighted by molar-refractivity contribution is 5.91. The van der Waals surface area contributed by atoms with Crippen molar-refractivity contribution in [1.29, 1.82) is 5.26 Å². The number of benzene rings is 1. The fraction of sp³-hybridized carbons (Fsp3) is 0.375. The fourth-order valence-electron chi connectivity index (χ4n) is 2.72. The summed E-state index contributed by atoms with van der Waals surface area (Å²) in [6, 6.07) is 12.5. The van der Waals surface area contributed by atoms with Gasteiger partial charge in [0, 0.05) is 17.1 Å². The van der Waals surface area contributed by atoms with E-state index in [1.54, 1.807) is 0 Å². The molecular weight excluding hydrogens is 248 g/mol. The molecule has 0 bridgehead atoms. The maximum absolute atomic E-state index is 9.12. The van der Waals surface area contributed by atoms with Gasteiger partial charge in [-0.2, -0.15) is 5.26 Å². The Morgan fingerprint density at radius 2 is 2.05 bits per heavy atom. The second-order valence-corrected chi connectivity index (χ2v) is 5.41. The number of nitriles is 1. The molecule has 0 radical (unpaired) electrons. The maximum Gasteiger partial charge on any atom is 0.143 e. The summed E-state index contributed by atoms with van der Waals surface area (Å²) in [4.78, 5) is 6.70. The number of fused-ring (bicyclic) bond motifs is 1. The molecule has 0 unspecified atom stereocenters. The predicted octanol–water partition coefficient (Wildman–Crippen LogP) is 2.61. The van der Waals surface area contributed by atoms with Crippen LogP contribution in [0, 0.1) is 11.3 Å². The summed E-state index contributed by atoms with van der Waals surface area (Å²) in [7, 11) is 2.16. The van der Waals surface area contributed by atoms with Crippen LogP contribution in [-0.4, -0.2) is 36.1 Å². The molecule has 1 fully saturated rings. The van der Waals surface area contributed by atoms with Crippen LogP contribution in [0.1, 0.15) is 18.5 Å². The number of rotatable bonds is 2. The number of pyridine rings is 1. The molecule has 0 saturated carbocycles. The molecule has 4 heteroatoms. The van der Waals surface area contributed by atoms with Gasteiger partial charge < -0.3 is 10.2 Å². The zero-order valence-corrected chi connectivity index (χ0v) is 11.6. The van der Waals surface area contributed by atoms with Gasteiger partial charge in [0.25, 0.3) is 0 Å². The Morgan fingerprint density at radius 1 is 1.30 bits per heavy atom. The third-order valence-corrected chi connectivity index (χ3v) is 3.91. The summed E-state index contributed by atoms with van der Waals surface area (Å²) in [6.45, 7) is 2.23. The number of para-hydroxylation sites is 1. The standard InChI is InChI=1S/C16H18N4/c1-20-8-6-12(7-9-20)18-16-10-13(11-17)19-15-5-3-2-4-14(15)16/h2-5,10,12H,6-9H2,1H3,(H,18,19). The van der Waals surface area contributed by atoms with Gasteiger partial charge in [-0.05, 0) is 45.1 Å². The molecule has 0 spiro atoms. The summed E-state index contributed by atoms with van der Waals surface area (Å²) in [5, 5.41) is 13.8. The third kappa shape index (κ3) is 2.59. The number of likely N-dealkylation sites (tertiary alicyclic amines) is 1. The Hall–Kier alpha value is -2.12. The second-order valence-electron chi connectivity index (χ2n) is 5.41. The lowest BCUT2D eigenvalue weighted by Crippen LogP contribution is -2.36. The number of hydrogen-bond acceptors (Lipinski definition) is 4. The minimum atomic E-state index is 0.471. The Bertz CT molecular complexity index is 651. The quantitative estimate of drug-likeness (QED) is 0.907. The SMILES string of the molecule is CN1CCC(Nc2cc(C#N)nc3ccccc23)CC1. The van der Waals surface area contributed by atoms with Crippen molar-refractivity contribution in [3.8, 4) is 6.07 Å². The predicted molar refractivity (Wildman–Crippen MR) is 80.6 cm³/mol. The van der Waals surface area contributed by atoms with Crippen molar-refractivity contribution in [3.63, 3.8) is 0 Å². The minimum Gasteiger partial charge on any atom is -0.382 e. The topological polar surface area (TPSA) is 52.0 Å². The number of aromatic nitrogens is 1. The Morgan fingerprint density at radius 3 is 2.80 bits per heavy atom. The molecular formula is C16H18N4. The van der Waals surface area contributed by atoms with Crippen LogP contribution in [0.4, 0.5) is 5.69 Å². The Labute approximate surface area is 119 Å². The monoisotopic (exact) mass is 266 g/mol. The molecule has 2 aromatic rings. The molecule has 102 valence electrons. The van der Waals surface area contributed by atoms with Crippen molar-refractivity contribution in [2.75, 3.05) is 25.5 Å². The summed E-state index contributed by atoms with van der Waals surface area (Å²) >= 11 is 0. The first kappa shape index (κ1) is 12.9. The van der Waals surface area contributed by atoms with E-state index in [-0.39, 0.29) is 0 Å². The zero-order chi connectivity index (χ0) is 13.9. The molecule has 20 heavy (non-hydrogen) atoms.